The van der Waals surface area contributed by atoms with E-state index in [1.165, 1.54) is 5.56 Å². The first-order valence-electron chi connectivity index (χ1n) is 7.53. The highest BCUT2D eigenvalue weighted by Crippen LogP contribution is 2.35. The number of hydrogen-bond donors (Lipinski definition) is 0. The number of benzene rings is 2. The van der Waals surface area contributed by atoms with E-state index in [0.717, 1.165) is 28.0 Å². The van der Waals surface area contributed by atoms with Crippen LogP contribution in [-0.2, 0) is 0 Å². The van der Waals surface area contributed by atoms with Gasteiger partial charge in [-0.2, -0.15) is 10.5 Å². The lowest BCUT2D eigenvalue weighted by Crippen LogP contribution is -2.00. The highest BCUT2D eigenvalue weighted by Gasteiger charge is 2.18. The molecule has 0 saturated carbocycles. The van der Waals surface area contributed by atoms with Crippen molar-refractivity contribution in [3.63, 3.8) is 0 Å². The molecule has 23 heavy (non-hydrogen) atoms. The monoisotopic (exact) mass is 304 g/mol. The first-order valence-corrected chi connectivity index (χ1v) is 7.53. The molecule has 0 bridgehead atoms. The van der Waals surface area contributed by atoms with Crippen LogP contribution in [0.25, 0.3) is 0 Å². The molecule has 0 saturated heterocycles. The van der Waals surface area contributed by atoms with Gasteiger partial charge in [0.25, 0.3) is 0 Å². The predicted molar refractivity (Wildman–Crippen MR) is 90.6 cm³/mol. The first-order chi connectivity index (χ1) is 10.9. The van der Waals surface area contributed by atoms with Crippen molar-refractivity contribution < 1.29 is 4.74 Å². The molecule has 0 fully saturated rings. The second kappa shape index (κ2) is 6.55. The first kappa shape index (κ1) is 16.6. The normalized spacial score (nSPS) is 10.3. The van der Waals surface area contributed by atoms with Gasteiger partial charge in [0.2, 0.25) is 0 Å². The smallest absolute Gasteiger partial charge is 0.161 e. The molecule has 2 aromatic rings. The minimum Gasteiger partial charge on any atom is -0.457 e. The molecule has 0 aliphatic rings. The van der Waals surface area contributed by atoms with Gasteiger partial charge in [-0.1, -0.05) is 6.07 Å². The number of hydrogen-bond acceptors (Lipinski definition) is 3. The maximum atomic E-state index is 9.24. The van der Waals surface area contributed by atoms with Crippen LogP contribution in [0.15, 0.2) is 24.3 Å². The van der Waals surface area contributed by atoms with Gasteiger partial charge in [0.1, 0.15) is 11.5 Å². The van der Waals surface area contributed by atoms with Gasteiger partial charge in [0, 0.05) is 5.56 Å². The van der Waals surface area contributed by atoms with Crippen LogP contribution in [0.5, 0.6) is 11.5 Å². The van der Waals surface area contributed by atoms with E-state index in [9.17, 15) is 10.5 Å². The van der Waals surface area contributed by atoms with Crippen LogP contribution in [0.2, 0.25) is 0 Å². The maximum Gasteiger partial charge on any atom is 0.161 e. The van der Waals surface area contributed by atoms with Crippen LogP contribution in [-0.4, -0.2) is 0 Å². The molecule has 0 aliphatic heterocycles. The fourth-order valence-corrected chi connectivity index (χ4v) is 2.46. The maximum absolute atomic E-state index is 9.24. The summed E-state index contributed by atoms with van der Waals surface area (Å²) in [4.78, 5) is 0. The van der Waals surface area contributed by atoms with Crippen LogP contribution in [0.3, 0.4) is 0 Å². The lowest BCUT2D eigenvalue weighted by Gasteiger charge is -2.16. The summed E-state index contributed by atoms with van der Waals surface area (Å²) in [5, 5.41) is 18.5. The summed E-state index contributed by atoms with van der Waals surface area (Å²) in [5.74, 6) is 0.496. The van der Waals surface area contributed by atoms with E-state index in [0.29, 0.717) is 11.3 Å². The molecule has 3 nitrogen and oxygen atoms in total. The molecule has 0 amide bonds. The van der Waals surface area contributed by atoms with Gasteiger partial charge in [-0.3, -0.25) is 0 Å². The van der Waals surface area contributed by atoms with E-state index in [4.69, 9.17) is 4.74 Å². The highest BCUT2D eigenvalue weighted by atomic mass is 16.5. The van der Waals surface area contributed by atoms with Gasteiger partial charge in [-0.05, 0) is 80.6 Å². The van der Waals surface area contributed by atoms with Crippen molar-refractivity contribution in [3.8, 4) is 23.6 Å². The predicted octanol–water partition coefficient (Wildman–Crippen LogP) is 5.15. The highest BCUT2D eigenvalue weighted by molar-refractivity contribution is 5.51. The summed E-state index contributed by atoms with van der Waals surface area (Å²) in [6, 6.07) is 11.9. The van der Waals surface area contributed by atoms with Crippen molar-refractivity contribution >= 4 is 0 Å². The largest absolute Gasteiger partial charge is 0.457 e. The number of rotatable bonds is 3. The summed E-state index contributed by atoms with van der Waals surface area (Å²) >= 11 is 0. The summed E-state index contributed by atoms with van der Waals surface area (Å²) in [5.41, 5.74) is 6.12. The SMILES string of the molecule is Cc1cc(C)c(Oc2cc(C)c(C)cc2C(C#N)C#N)cc1C. The molecule has 0 heterocycles. The molecule has 0 unspecified atom stereocenters. The molecular weight excluding hydrogens is 284 g/mol. The Morgan fingerprint density at radius 2 is 1.17 bits per heavy atom. The van der Waals surface area contributed by atoms with Crippen LogP contribution < -0.4 is 4.74 Å². The fraction of sp³-hybridized carbons (Fsp3) is 0.300. The quantitative estimate of drug-likeness (QED) is 0.787. The molecule has 0 atom stereocenters. The van der Waals surface area contributed by atoms with Gasteiger partial charge in [0.05, 0.1) is 12.1 Å². The van der Waals surface area contributed by atoms with Crippen molar-refractivity contribution in [2.75, 3.05) is 0 Å². The van der Waals surface area contributed by atoms with E-state index in [-0.39, 0.29) is 0 Å². The van der Waals surface area contributed by atoms with E-state index in [1.807, 2.05) is 58.0 Å². The zero-order chi connectivity index (χ0) is 17.1. The average molecular weight is 304 g/mol. The Bertz CT molecular complexity index is 824. The van der Waals surface area contributed by atoms with Gasteiger partial charge in [-0.15, -0.1) is 0 Å². The van der Waals surface area contributed by atoms with Gasteiger partial charge in [-0.25, -0.2) is 0 Å². The van der Waals surface area contributed by atoms with E-state index in [1.54, 1.807) is 0 Å². The molecule has 116 valence electrons. The molecule has 0 aliphatic carbocycles. The minimum absolute atomic E-state index is 0.576. The van der Waals surface area contributed by atoms with E-state index < -0.39 is 5.92 Å². The molecule has 0 aromatic heterocycles. The summed E-state index contributed by atoms with van der Waals surface area (Å²) in [7, 11) is 0. The number of nitriles is 2. The van der Waals surface area contributed by atoms with Crippen molar-refractivity contribution in [1.82, 2.24) is 0 Å². The van der Waals surface area contributed by atoms with Crippen molar-refractivity contribution in [1.29, 1.82) is 10.5 Å². The molecule has 0 N–H and O–H groups in total. The molecule has 2 rings (SSSR count). The van der Waals surface area contributed by atoms with Crippen LogP contribution in [0.4, 0.5) is 0 Å². The Labute approximate surface area is 137 Å². The van der Waals surface area contributed by atoms with Gasteiger partial charge < -0.3 is 4.74 Å². The Morgan fingerprint density at radius 3 is 1.74 bits per heavy atom. The van der Waals surface area contributed by atoms with Gasteiger partial charge >= 0.3 is 0 Å². The number of ether oxygens (including phenoxy) is 1. The average Bonchev–Trinajstić information content (AvgIpc) is 2.50. The molecule has 0 spiro atoms. The van der Waals surface area contributed by atoms with E-state index >= 15 is 0 Å². The Balaban J connectivity index is 2.56. The Kier molecular flexibility index (Phi) is 4.72. The van der Waals surface area contributed by atoms with Crippen molar-refractivity contribution in [3.05, 3.63) is 57.6 Å². The zero-order valence-electron chi connectivity index (χ0n) is 14.2. The Hall–Kier alpha value is -2.78. The standard InChI is InChI=1S/C20H20N2O/c1-12-6-16(5)19(8-14(12)3)23-20-9-15(4)13(2)7-18(20)17(10-21)11-22/h6-9,17H,1-5H3. The van der Waals surface area contributed by atoms with Crippen molar-refractivity contribution in [2.45, 2.75) is 40.5 Å². The third kappa shape index (κ3) is 3.35. The number of aryl methyl sites for hydroxylation is 5. The van der Waals surface area contributed by atoms with Gasteiger partial charge in [0.15, 0.2) is 5.92 Å². The summed E-state index contributed by atoms with van der Waals surface area (Å²) < 4.78 is 6.09. The molecule has 3 heteroatoms. The minimum atomic E-state index is -0.837. The zero-order valence-corrected chi connectivity index (χ0v) is 14.2. The van der Waals surface area contributed by atoms with Crippen LogP contribution in [0.1, 0.15) is 39.3 Å². The topological polar surface area (TPSA) is 56.8 Å². The lowest BCUT2D eigenvalue weighted by molar-refractivity contribution is 0.471. The third-order valence-corrected chi connectivity index (χ3v) is 4.21. The summed E-state index contributed by atoms with van der Waals surface area (Å²) in [6.07, 6.45) is 0. The third-order valence-electron chi connectivity index (χ3n) is 4.21. The second-order valence-corrected chi connectivity index (χ2v) is 5.97. The molecular formula is C20H20N2O. The molecule has 0 radical (unpaired) electrons. The fourth-order valence-electron chi connectivity index (χ4n) is 2.46. The summed E-state index contributed by atoms with van der Waals surface area (Å²) in [6.45, 7) is 10.1. The van der Waals surface area contributed by atoms with E-state index in [2.05, 4.69) is 13.0 Å². The lowest BCUT2D eigenvalue weighted by atomic mass is 9.96. The van der Waals surface area contributed by atoms with Crippen LogP contribution >= 0.6 is 0 Å². The Morgan fingerprint density at radius 1 is 0.696 bits per heavy atom. The van der Waals surface area contributed by atoms with Crippen molar-refractivity contribution in [2.24, 2.45) is 0 Å². The van der Waals surface area contributed by atoms with Crippen LogP contribution in [0, 0.1) is 57.3 Å². The number of nitrogens with zero attached hydrogens (tertiary/aromatic N) is 2. The second-order valence-electron chi connectivity index (χ2n) is 5.97. The molecule has 2 aromatic carbocycles.